The van der Waals surface area contributed by atoms with Crippen molar-refractivity contribution in [3.8, 4) is 11.8 Å². The van der Waals surface area contributed by atoms with Crippen LogP contribution < -0.4 is 4.74 Å². The van der Waals surface area contributed by atoms with Crippen molar-refractivity contribution in [3.63, 3.8) is 0 Å². The van der Waals surface area contributed by atoms with Crippen LogP contribution in [-0.4, -0.2) is 16.6 Å². The first-order valence-corrected chi connectivity index (χ1v) is 8.20. The molecule has 0 saturated heterocycles. The van der Waals surface area contributed by atoms with Gasteiger partial charge in [0.25, 0.3) is 0 Å². The van der Waals surface area contributed by atoms with Gasteiger partial charge >= 0.3 is 0 Å². The topological polar surface area (TPSA) is 61.7 Å². The van der Waals surface area contributed by atoms with Crippen LogP contribution in [0.4, 0.5) is 4.39 Å². The van der Waals surface area contributed by atoms with E-state index in [2.05, 4.69) is 38.5 Å². The van der Waals surface area contributed by atoms with Gasteiger partial charge in [-0.2, -0.15) is 5.26 Å². The first kappa shape index (κ1) is 16.9. The molecule has 0 unspecified atom stereocenters. The molecule has 4 nitrogen and oxygen atoms in total. The average Bonchev–Trinajstić information content (AvgIpc) is 3.01. The zero-order chi connectivity index (χ0) is 17.8. The molecule has 3 aromatic rings. The molecule has 1 N–H and O–H groups in total. The number of hydrogen-bond donors (Lipinski definition) is 1. The molecule has 0 aliphatic carbocycles. The molecule has 0 saturated carbocycles. The highest BCUT2D eigenvalue weighted by Gasteiger charge is 2.09. The van der Waals surface area contributed by atoms with Crippen LogP contribution in [0.5, 0.6) is 5.75 Å². The Morgan fingerprint density at radius 3 is 2.92 bits per heavy atom. The Kier molecular flexibility index (Phi) is 4.96. The highest BCUT2D eigenvalue weighted by molar-refractivity contribution is 9.10. The van der Waals surface area contributed by atoms with Gasteiger partial charge in [0.15, 0.2) is 0 Å². The van der Waals surface area contributed by atoms with Gasteiger partial charge in [0, 0.05) is 0 Å². The van der Waals surface area contributed by atoms with E-state index >= 15 is 0 Å². The van der Waals surface area contributed by atoms with Gasteiger partial charge in [0.05, 0.1) is 21.1 Å². The number of aromatic nitrogens is 2. The molecule has 0 spiro atoms. The van der Waals surface area contributed by atoms with E-state index in [9.17, 15) is 9.65 Å². The van der Waals surface area contributed by atoms with Crippen molar-refractivity contribution in [2.45, 2.75) is 0 Å². The minimum atomic E-state index is -0.357. The number of allylic oxidation sites excluding steroid dienone is 1. The summed E-state index contributed by atoms with van der Waals surface area (Å²) in [6, 6.07) is 11.9. The van der Waals surface area contributed by atoms with Gasteiger partial charge in [0.1, 0.15) is 30.1 Å². The zero-order valence-corrected chi connectivity index (χ0v) is 14.7. The van der Waals surface area contributed by atoms with Crippen molar-refractivity contribution in [1.29, 1.82) is 5.26 Å². The lowest BCUT2D eigenvalue weighted by Crippen LogP contribution is -1.93. The molecule has 0 bridgehead atoms. The van der Waals surface area contributed by atoms with E-state index < -0.39 is 0 Å². The predicted octanol–water partition coefficient (Wildman–Crippen LogP) is 5.09. The molecule has 0 radical (unpaired) electrons. The lowest BCUT2D eigenvalue weighted by Gasteiger charge is -2.06. The van der Waals surface area contributed by atoms with Gasteiger partial charge in [-0.3, -0.25) is 0 Å². The van der Waals surface area contributed by atoms with E-state index in [0.29, 0.717) is 34.8 Å². The number of benzene rings is 2. The van der Waals surface area contributed by atoms with E-state index in [0.717, 1.165) is 10.0 Å². The number of fused-ring (bicyclic) bond motifs is 1. The summed E-state index contributed by atoms with van der Waals surface area (Å²) in [6.07, 6.45) is 3.37. The molecule has 0 aliphatic heterocycles. The molecule has 3 rings (SSSR count). The summed E-state index contributed by atoms with van der Waals surface area (Å²) >= 11 is 3.44. The fourth-order valence-corrected chi connectivity index (χ4v) is 2.81. The Morgan fingerprint density at radius 2 is 2.20 bits per heavy atom. The van der Waals surface area contributed by atoms with Gasteiger partial charge in [-0.1, -0.05) is 18.7 Å². The summed E-state index contributed by atoms with van der Waals surface area (Å²) in [5, 5.41) is 9.46. The van der Waals surface area contributed by atoms with Gasteiger partial charge < -0.3 is 9.72 Å². The lowest BCUT2D eigenvalue weighted by molar-refractivity contribution is 0.361. The molecule has 124 valence electrons. The molecule has 2 aromatic carbocycles. The minimum absolute atomic E-state index is 0.350. The van der Waals surface area contributed by atoms with Gasteiger partial charge in [-0.15, -0.1) is 0 Å². The number of nitrogens with one attached hydrogen (secondary N) is 1. The molecule has 0 atom stereocenters. The number of rotatable bonds is 5. The molecule has 1 aromatic heterocycles. The fourth-order valence-electron chi connectivity index (χ4n) is 2.30. The molecular weight excluding hydrogens is 385 g/mol. The highest BCUT2D eigenvalue weighted by Crippen LogP contribution is 2.28. The maximum atomic E-state index is 13.3. The molecule has 0 fully saturated rings. The number of ether oxygens (including phenoxy) is 1. The zero-order valence-electron chi connectivity index (χ0n) is 13.1. The fraction of sp³-hybridized carbons (Fsp3) is 0.0526. The summed E-state index contributed by atoms with van der Waals surface area (Å²) in [5.41, 5.74) is 2.31. The third kappa shape index (κ3) is 3.78. The molecule has 0 amide bonds. The SMILES string of the molecule is C=CCOc1ccc(/C=C(/C#N)c2nc3ccc(F)cc3[nH]2)cc1Br. The van der Waals surface area contributed by atoms with E-state index in [4.69, 9.17) is 4.74 Å². The highest BCUT2D eigenvalue weighted by atomic mass is 79.9. The quantitative estimate of drug-likeness (QED) is 0.481. The average molecular weight is 398 g/mol. The summed E-state index contributed by atoms with van der Waals surface area (Å²) < 4.78 is 19.6. The summed E-state index contributed by atoms with van der Waals surface area (Å²) in [5.74, 6) is 0.727. The second-order valence-electron chi connectivity index (χ2n) is 5.21. The Labute approximate surface area is 152 Å². The van der Waals surface area contributed by atoms with E-state index in [-0.39, 0.29) is 5.82 Å². The largest absolute Gasteiger partial charge is 0.488 e. The molecule has 6 heteroatoms. The van der Waals surface area contributed by atoms with Crippen LogP contribution in [0.15, 0.2) is 53.5 Å². The predicted molar refractivity (Wildman–Crippen MR) is 99.4 cm³/mol. The van der Waals surface area contributed by atoms with Crippen LogP contribution in [0.2, 0.25) is 0 Å². The smallest absolute Gasteiger partial charge is 0.149 e. The van der Waals surface area contributed by atoms with Crippen LogP contribution >= 0.6 is 15.9 Å². The third-order valence-electron chi connectivity index (χ3n) is 3.44. The molecular formula is C19H13BrFN3O. The van der Waals surface area contributed by atoms with Crippen molar-refractivity contribution in [3.05, 3.63) is 70.7 Å². The lowest BCUT2D eigenvalue weighted by atomic mass is 10.1. The minimum Gasteiger partial charge on any atom is -0.488 e. The number of nitriles is 1. The van der Waals surface area contributed by atoms with Gasteiger partial charge in [0.2, 0.25) is 0 Å². The van der Waals surface area contributed by atoms with E-state index in [1.54, 1.807) is 18.2 Å². The normalized spacial score (nSPS) is 11.3. The number of nitrogens with zero attached hydrogens (tertiary/aromatic N) is 2. The first-order chi connectivity index (χ1) is 12.1. The van der Waals surface area contributed by atoms with Crippen LogP contribution in [-0.2, 0) is 0 Å². The number of H-pyrrole nitrogens is 1. The van der Waals surface area contributed by atoms with E-state index in [1.807, 2.05) is 18.2 Å². The first-order valence-electron chi connectivity index (χ1n) is 7.41. The summed E-state index contributed by atoms with van der Waals surface area (Å²) in [4.78, 5) is 7.31. The maximum absolute atomic E-state index is 13.3. The van der Waals surface area contributed by atoms with Crippen LogP contribution in [0.1, 0.15) is 11.4 Å². The Balaban J connectivity index is 1.95. The number of imidazole rings is 1. The van der Waals surface area contributed by atoms with Crippen LogP contribution in [0.25, 0.3) is 22.7 Å². The monoisotopic (exact) mass is 397 g/mol. The Morgan fingerprint density at radius 1 is 1.36 bits per heavy atom. The van der Waals surface area contributed by atoms with Crippen LogP contribution in [0.3, 0.4) is 0 Å². The number of hydrogen-bond acceptors (Lipinski definition) is 3. The standard InChI is InChI=1S/C19H13BrFN3O/c1-2-7-25-18-6-3-12(9-15(18)20)8-13(11-22)19-23-16-5-4-14(21)10-17(16)24-19/h2-6,8-10H,1,7H2,(H,23,24)/b13-8-. The number of aromatic amines is 1. The maximum Gasteiger partial charge on any atom is 0.149 e. The van der Waals surface area contributed by atoms with Crippen molar-refractivity contribution < 1.29 is 9.13 Å². The summed E-state index contributed by atoms with van der Waals surface area (Å²) in [7, 11) is 0. The Bertz CT molecular complexity index is 1020. The molecule has 25 heavy (non-hydrogen) atoms. The number of halogens is 2. The van der Waals surface area contributed by atoms with Crippen molar-refractivity contribution in [2.75, 3.05) is 6.61 Å². The van der Waals surface area contributed by atoms with Crippen molar-refractivity contribution in [2.24, 2.45) is 0 Å². The second-order valence-corrected chi connectivity index (χ2v) is 6.06. The van der Waals surface area contributed by atoms with Gasteiger partial charge in [-0.05, 0) is 57.9 Å². The van der Waals surface area contributed by atoms with E-state index in [1.165, 1.54) is 12.1 Å². The summed E-state index contributed by atoms with van der Waals surface area (Å²) in [6.45, 7) is 4.02. The van der Waals surface area contributed by atoms with Crippen molar-refractivity contribution >= 4 is 38.6 Å². The van der Waals surface area contributed by atoms with Crippen molar-refractivity contribution in [1.82, 2.24) is 9.97 Å². The second kappa shape index (κ2) is 7.32. The molecule has 0 aliphatic rings. The third-order valence-corrected chi connectivity index (χ3v) is 4.06. The Hall–Kier alpha value is -2.91. The van der Waals surface area contributed by atoms with Gasteiger partial charge in [-0.25, -0.2) is 9.37 Å². The van der Waals surface area contributed by atoms with Crippen LogP contribution in [0, 0.1) is 17.1 Å². The molecule has 1 heterocycles.